The van der Waals surface area contributed by atoms with Crippen molar-refractivity contribution in [2.24, 2.45) is 0 Å². The first-order valence-corrected chi connectivity index (χ1v) is 7.10. The molecule has 0 radical (unpaired) electrons. The highest BCUT2D eigenvalue weighted by atomic mass is 19.4. The Balaban J connectivity index is 1.95. The molecule has 0 aliphatic carbocycles. The number of hydrogen-bond acceptors (Lipinski definition) is 5. The van der Waals surface area contributed by atoms with Crippen LogP contribution in [0.1, 0.15) is 16.7 Å². The van der Waals surface area contributed by atoms with E-state index in [2.05, 4.69) is 5.32 Å². The van der Waals surface area contributed by atoms with Gasteiger partial charge in [0, 0.05) is 17.2 Å². The Morgan fingerprint density at radius 2 is 1.80 bits per heavy atom. The third kappa shape index (κ3) is 2.05. The number of ether oxygens (including phenoxy) is 2. The number of phenolic OH excluding ortho intramolecular Hbond substituents is 1. The van der Waals surface area contributed by atoms with Crippen LogP contribution in [0, 0.1) is 0 Å². The van der Waals surface area contributed by atoms with Gasteiger partial charge in [-0.15, -0.1) is 0 Å². The summed E-state index contributed by atoms with van der Waals surface area (Å²) in [6.07, 6.45) is -4.72. The van der Waals surface area contributed by atoms with Crippen LogP contribution in [0.25, 0.3) is 0 Å². The van der Waals surface area contributed by atoms with Crippen LogP contribution in [0.2, 0.25) is 0 Å². The number of carbonyl (C=O) groups excluding carboxylic acids is 1. The van der Waals surface area contributed by atoms with E-state index < -0.39 is 34.7 Å². The molecule has 1 amide bonds. The van der Waals surface area contributed by atoms with E-state index in [4.69, 9.17) is 9.47 Å². The summed E-state index contributed by atoms with van der Waals surface area (Å²) < 4.78 is 49.7. The second-order valence-corrected chi connectivity index (χ2v) is 5.61. The number of phenols is 1. The Labute approximate surface area is 138 Å². The first-order chi connectivity index (χ1) is 11.7. The van der Waals surface area contributed by atoms with Crippen molar-refractivity contribution in [2.75, 3.05) is 12.1 Å². The minimum atomic E-state index is -4.72. The Hall–Kier alpha value is -2.94. The normalized spacial score (nSPS) is 21.2. The molecule has 0 saturated carbocycles. The summed E-state index contributed by atoms with van der Waals surface area (Å²) >= 11 is 0. The minimum Gasteiger partial charge on any atom is -0.507 e. The van der Waals surface area contributed by atoms with Crippen LogP contribution in [-0.4, -0.2) is 22.9 Å². The van der Waals surface area contributed by atoms with Gasteiger partial charge in [-0.2, -0.15) is 13.2 Å². The average Bonchev–Trinajstić information content (AvgIpc) is 3.08. The molecular formula is C16H10F3NO5. The summed E-state index contributed by atoms with van der Waals surface area (Å²) in [6, 6.07) is 5.37. The highest BCUT2D eigenvalue weighted by Gasteiger charge is 2.52. The largest absolute Gasteiger partial charge is 0.507 e. The zero-order chi connectivity index (χ0) is 18.0. The van der Waals surface area contributed by atoms with Gasteiger partial charge in [0.2, 0.25) is 6.79 Å². The highest BCUT2D eigenvalue weighted by Crippen LogP contribution is 2.50. The maximum atomic E-state index is 13.2. The average molecular weight is 353 g/mol. The zero-order valence-corrected chi connectivity index (χ0v) is 12.3. The fourth-order valence-corrected chi connectivity index (χ4v) is 3.04. The first kappa shape index (κ1) is 15.6. The number of hydrogen-bond donors (Lipinski definition) is 3. The topological polar surface area (TPSA) is 88.0 Å². The predicted molar refractivity (Wildman–Crippen MR) is 77.3 cm³/mol. The molecule has 2 aromatic rings. The third-order valence-electron chi connectivity index (χ3n) is 4.21. The molecule has 1 unspecified atom stereocenters. The molecule has 1 atom stereocenters. The summed E-state index contributed by atoms with van der Waals surface area (Å²) in [5.41, 5.74) is -4.73. The molecule has 4 rings (SSSR count). The van der Waals surface area contributed by atoms with E-state index in [1.54, 1.807) is 0 Å². The number of anilines is 1. The predicted octanol–water partition coefficient (Wildman–Crippen LogP) is 2.33. The second kappa shape index (κ2) is 4.79. The van der Waals surface area contributed by atoms with Gasteiger partial charge in [0.1, 0.15) is 5.75 Å². The van der Waals surface area contributed by atoms with E-state index in [9.17, 15) is 28.2 Å². The van der Waals surface area contributed by atoms with Crippen LogP contribution >= 0.6 is 0 Å². The highest BCUT2D eigenvalue weighted by molar-refractivity contribution is 6.08. The lowest BCUT2D eigenvalue weighted by Gasteiger charge is -2.23. The van der Waals surface area contributed by atoms with Crippen molar-refractivity contribution in [1.29, 1.82) is 0 Å². The Bertz CT molecular complexity index is 911. The molecule has 0 bridgehead atoms. The van der Waals surface area contributed by atoms with Crippen molar-refractivity contribution in [2.45, 2.75) is 11.8 Å². The SMILES string of the molecule is O=C1Nc2c(C(F)(F)F)cccc2C1(O)c1cc2c(cc1O)OCO2. The van der Waals surface area contributed by atoms with Crippen molar-refractivity contribution in [3.63, 3.8) is 0 Å². The quantitative estimate of drug-likeness (QED) is 0.732. The van der Waals surface area contributed by atoms with Gasteiger partial charge in [-0.1, -0.05) is 12.1 Å². The molecule has 0 saturated heterocycles. The zero-order valence-electron chi connectivity index (χ0n) is 12.3. The lowest BCUT2D eigenvalue weighted by Crippen LogP contribution is -2.35. The monoisotopic (exact) mass is 353 g/mol. The molecule has 9 heteroatoms. The van der Waals surface area contributed by atoms with E-state index in [1.807, 2.05) is 0 Å². The first-order valence-electron chi connectivity index (χ1n) is 7.10. The number of nitrogens with one attached hydrogen (secondary N) is 1. The second-order valence-electron chi connectivity index (χ2n) is 5.61. The number of alkyl halides is 3. The van der Waals surface area contributed by atoms with Gasteiger partial charge in [-0.25, -0.2) is 0 Å². The van der Waals surface area contributed by atoms with Crippen LogP contribution in [0.4, 0.5) is 18.9 Å². The summed E-state index contributed by atoms with van der Waals surface area (Å²) in [7, 11) is 0. The summed E-state index contributed by atoms with van der Waals surface area (Å²) in [4.78, 5) is 12.4. The molecule has 3 N–H and O–H groups in total. The van der Waals surface area contributed by atoms with Crippen molar-refractivity contribution in [3.8, 4) is 17.2 Å². The van der Waals surface area contributed by atoms with Gasteiger partial charge in [0.25, 0.3) is 5.91 Å². The Morgan fingerprint density at radius 1 is 1.12 bits per heavy atom. The van der Waals surface area contributed by atoms with Crippen molar-refractivity contribution >= 4 is 11.6 Å². The standard InChI is InChI=1S/C16H10F3NO5/c17-16(18,19)8-3-1-2-7-13(8)20-14(22)15(7,23)9-4-11-12(5-10(9)21)25-6-24-11/h1-5,21,23H,6H2,(H,20,22). The van der Waals surface area contributed by atoms with Gasteiger partial charge in [-0.05, 0) is 12.1 Å². The summed E-state index contributed by atoms with van der Waals surface area (Å²) in [5, 5.41) is 23.2. The van der Waals surface area contributed by atoms with Crippen LogP contribution in [-0.2, 0) is 16.6 Å². The van der Waals surface area contributed by atoms with Gasteiger partial charge in [-0.3, -0.25) is 4.79 Å². The van der Waals surface area contributed by atoms with Gasteiger partial charge in [0.05, 0.1) is 11.3 Å². The molecule has 2 aromatic carbocycles. The van der Waals surface area contributed by atoms with Crippen molar-refractivity contribution in [3.05, 3.63) is 47.0 Å². The molecule has 25 heavy (non-hydrogen) atoms. The lowest BCUT2D eigenvalue weighted by atomic mass is 9.86. The molecule has 0 fully saturated rings. The number of halogens is 3. The fourth-order valence-electron chi connectivity index (χ4n) is 3.04. The number of amides is 1. The number of para-hydroxylation sites is 1. The third-order valence-corrected chi connectivity index (χ3v) is 4.21. The van der Waals surface area contributed by atoms with Crippen LogP contribution in [0.5, 0.6) is 17.2 Å². The van der Waals surface area contributed by atoms with E-state index >= 15 is 0 Å². The van der Waals surface area contributed by atoms with Crippen LogP contribution in [0.3, 0.4) is 0 Å². The van der Waals surface area contributed by atoms with Gasteiger partial charge >= 0.3 is 6.18 Å². The summed E-state index contributed by atoms with van der Waals surface area (Å²) in [5.74, 6) is -1.25. The molecule has 2 heterocycles. The number of benzene rings is 2. The molecule has 2 aliphatic heterocycles. The van der Waals surface area contributed by atoms with E-state index in [0.29, 0.717) is 0 Å². The van der Waals surface area contributed by atoms with Gasteiger partial charge in [0.15, 0.2) is 17.1 Å². The van der Waals surface area contributed by atoms with Crippen molar-refractivity contribution < 1.29 is 37.7 Å². The molecule has 2 aliphatic rings. The molecule has 6 nitrogen and oxygen atoms in total. The maximum Gasteiger partial charge on any atom is 0.418 e. The molecule has 0 aromatic heterocycles. The molecule has 130 valence electrons. The fraction of sp³-hybridized carbons (Fsp3) is 0.188. The Morgan fingerprint density at radius 3 is 2.48 bits per heavy atom. The molecule has 0 spiro atoms. The number of aliphatic hydroxyl groups is 1. The van der Waals surface area contributed by atoms with E-state index in [-0.39, 0.29) is 29.4 Å². The number of fused-ring (bicyclic) bond motifs is 2. The van der Waals surface area contributed by atoms with Crippen LogP contribution in [0.15, 0.2) is 30.3 Å². The van der Waals surface area contributed by atoms with E-state index in [1.165, 1.54) is 12.1 Å². The lowest BCUT2D eigenvalue weighted by molar-refractivity contribution is -0.136. The van der Waals surface area contributed by atoms with E-state index in [0.717, 1.165) is 18.2 Å². The summed E-state index contributed by atoms with van der Waals surface area (Å²) in [6.45, 7) is -0.113. The van der Waals surface area contributed by atoms with Crippen molar-refractivity contribution in [1.82, 2.24) is 0 Å². The minimum absolute atomic E-state index is 0.113. The maximum absolute atomic E-state index is 13.2. The number of aromatic hydroxyl groups is 1. The Kier molecular flexibility index (Phi) is 2.99. The smallest absolute Gasteiger partial charge is 0.418 e. The van der Waals surface area contributed by atoms with Crippen LogP contribution < -0.4 is 14.8 Å². The van der Waals surface area contributed by atoms with Gasteiger partial charge < -0.3 is 25.0 Å². The number of carbonyl (C=O) groups is 1. The molecular weight excluding hydrogens is 343 g/mol. The number of rotatable bonds is 1.